The Kier molecular flexibility index (Phi) is 3.01. The highest BCUT2D eigenvalue weighted by Crippen LogP contribution is 2.28. The molecule has 0 aliphatic rings. The van der Waals surface area contributed by atoms with Crippen LogP contribution >= 0.6 is 0 Å². The van der Waals surface area contributed by atoms with Crippen molar-refractivity contribution in [3.63, 3.8) is 0 Å². The minimum Gasteiger partial charge on any atom is -0.459 e. The fraction of sp³-hybridized carbons (Fsp3) is 0.429. The van der Waals surface area contributed by atoms with Gasteiger partial charge in [0.25, 0.3) is 0 Å². The first-order valence-corrected chi connectivity index (χ1v) is 5.83. The van der Waals surface area contributed by atoms with Crippen LogP contribution in [0.1, 0.15) is 36.3 Å². The zero-order chi connectivity index (χ0) is 11.7. The highest BCUT2D eigenvalue weighted by molar-refractivity contribution is 5.81. The summed E-state index contributed by atoms with van der Waals surface area (Å²) in [7, 11) is 1.97. The number of benzene rings is 1. The number of aryl methyl sites for hydroxylation is 2. The zero-order valence-corrected chi connectivity index (χ0v) is 10.4. The van der Waals surface area contributed by atoms with E-state index in [2.05, 4.69) is 44.3 Å². The Morgan fingerprint density at radius 1 is 1.25 bits per heavy atom. The van der Waals surface area contributed by atoms with E-state index < -0.39 is 0 Å². The van der Waals surface area contributed by atoms with Gasteiger partial charge >= 0.3 is 0 Å². The van der Waals surface area contributed by atoms with Gasteiger partial charge in [-0.05, 0) is 45.0 Å². The number of rotatable bonds is 3. The van der Waals surface area contributed by atoms with Crippen molar-refractivity contribution in [1.29, 1.82) is 0 Å². The molecule has 0 radical (unpaired) electrons. The van der Waals surface area contributed by atoms with E-state index in [1.807, 2.05) is 7.05 Å². The van der Waals surface area contributed by atoms with Gasteiger partial charge in [0, 0.05) is 5.39 Å². The summed E-state index contributed by atoms with van der Waals surface area (Å²) in [6, 6.07) is 6.81. The summed E-state index contributed by atoms with van der Waals surface area (Å²) in [5.41, 5.74) is 3.52. The molecule has 0 saturated heterocycles. The first-order chi connectivity index (χ1) is 7.65. The van der Waals surface area contributed by atoms with Crippen LogP contribution in [0.2, 0.25) is 0 Å². The van der Waals surface area contributed by atoms with Crippen LogP contribution in [0.25, 0.3) is 11.0 Å². The van der Waals surface area contributed by atoms with Crippen molar-refractivity contribution in [3.8, 4) is 0 Å². The SMILES string of the molecule is CCC(NC)c1cc2cc(C)cc(C)c2o1. The summed E-state index contributed by atoms with van der Waals surface area (Å²) in [5.74, 6) is 1.04. The lowest BCUT2D eigenvalue weighted by atomic mass is 10.1. The first-order valence-electron chi connectivity index (χ1n) is 5.83. The van der Waals surface area contributed by atoms with Crippen LogP contribution in [0.15, 0.2) is 22.6 Å². The molecule has 2 heteroatoms. The van der Waals surface area contributed by atoms with E-state index in [-0.39, 0.29) is 0 Å². The molecule has 0 aliphatic carbocycles. The number of hydrogen-bond acceptors (Lipinski definition) is 2. The third-order valence-electron chi connectivity index (χ3n) is 3.07. The fourth-order valence-corrected chi connectivity index (χ4v) is 2.25. The Morgan fingerprint density at radius 2 is 2.00 bits per heavy atom. The Hall–Kier alpha value is -1.28. The summed E-state index contributed by atoms with van der Waals surface area (Å²) >= 11 is 0. The molecule has 1 N–H and O–H groups in total. The molecule has 2 rings (SSSR count). The second-order valence-corrected chi connectivity index (χ2v) is 4.40. The van der Waals surface area contributed by atoms with E-state index >= 15 is 0 Å². The topological polar surface area (TPSA) is 25.2 Å². The molecule has 1 unspecified atom stereocenters. The number of hydrogen-bond donors (Lipinski definition) is 1. The standard InChI is InChI=1S/C14H19NO/c1-5-12(15-4)13-8-11-7-9(2)6-10(3)14(11)16-13/h6-8,12,15H,5H2,1-4H3. The molecular formula is C14H19NO. The van der Waals surface area contributed by atoms with E-state index in [4.69, 9.17) is 4.42 Å². The van der Waals surface area contributed by atoms with E-state index in [0.717, 1.165) is 17.8 Å². The summed E-state index contributed by atoms with van der Waals surface area (Å²) in [4.78, 5) is 0. The molecule has 0 saturated carbocycles. The molecule has 1 aromatic carbocycles. The maximum absolute atomic E-state index is 5.94. The molecule has 0 spiro atoms. The smallest absolute Gasteiger partial charge is 0.137 e. The van der Waals surface area contributed by atoms with Gasteiger partial charge in [-0.25, -0.2) is 0 Å². The van der Waals surface area contributed by atoms with E-state index in [9.17, 15) is 0 Å². The zero-order valence-electron chi connectivity index (χ0n) is 10.4. The van der Waals surface area contributed by atoms with E-state index in [0.29, 0.717) is 6.04 Å². The second kappa shape index (κ2) is 4.30. The average Bonchev–Trinajstić information content (AvgIpc) is 2.63. The van der Waals surface area contributed by atoms with Crippen molar-refractivity contribution >= 4 is 11.0 Å². The second-order valence-electron chi connectivity index (χ2n) is 4.40. The number of furan rings is 1. The van der Waals surface area contributed by atoms with Crippen molar-refractivity contribution in [2.45, 2.75) is 33.2 Å². The van der Waals surface area contributed by atoms with Gasteiger partial charge in [-0.1, -0.05) is 18.6 Å². The summed E-state index contributed by atoms with van der Waals surface area (Å²) in [6.45, 7) is 6.38. The van der Waals surface area contributed by atoms with Crippen LogP contribution in [0, 0.1) is 13.8 Å². The van der Waals surface area contributed by atoms with Gasteiger partial charge < -0.3 is 9.73 Å². The summed E-state index contributed by atoms with van der Waals surface area (Å²) in [6.07, 6.45) is 1.04. The van der Waals surface area contributed by atoms with E-state index in [1.165, 1.54) is 16.5 Å². The maximum Gasteiger partial charge on any atom is 0.137 e. The monoisotopic (exact) mass is 217 g/mol. The lowest BCUT2D eigenvalue weighted by Crippen LogP contribution is -2.14. The molecule has 2 nitrogen and oxygen atoms in total. The normalized spacial score (nSPS) is 13.2. The van der Waals surface area contributed by atoms with Crippen LogP contribution < -0.4 is 5.32 Å². The maximum atomic E-state index is 5.94. The van der Waals surface area contributed by atoms with Gasteiger partial charge in [-0.2, -0.15) is 0 Å². The first kappa shape index (κ1) is 11.2. The van der Waals surface area contributed by atoms with Crippen molar-refractivity contribution in [1.82, 2.24) is 5.32 Å². The molecule has 2 aromatic rings. The Balaban J connectivity index is 2.55. The van der Waals surface area contributed by atoms with Gasteiger partial charge in [-0.15, -0.1) is 0 Å². The van der Waals surface area contributed by atoms with Gasteiger partial charge in [0.1, 0.15) is 11.3 Å². The van der Waals surface area contributed by atoms with Gasteiger partial charge in [0.15, 0.2) is 0 Å². The van der Waals surface area contributed by atoms with Crippen LogP contribution in [-0.4, -0.2) is 7.05 Å². The molecule has 0 fully saturated rings. The van der Waals surface area contributed by atoms with Crippen LogP contribution in [0.3, 0.4) is 0 Å². The predicted molar refractivity (Wildman–Crippen MR) is 67.8 cm³/mol. The number of nitrogens with one attached hydrogen (secondary N) is 1. The Labute approximate surface area is 96.6 Å². The Bertz CT molecular complexity index is 495. The third kappa shape index (κ3) is 1.85. The van der Waals surface area contributed by atoms with E-state index in [1.54, 1.807) is 0 Å². The van der Waals surface area contributed by atoms with Crippen LogP contribution in [0.4, 0.5) is 0 Å². The average molecular weight is 217 g/mol. The van der Waals surface area contributed by atoms with Gasteiger partial charge in [0.2, 0.25) is 0 Å². The van der Waals surface area contributed by atoms with Crippen molar-refractivity contribution in [3.05, 3.63) is 35.1 Å². The van der Waals surface area contributed by atoms with Crippen molar-refractivity contribution in [2.75, 3.05) is 7.05 Å². The fourth-order valence-electron chi connectivity index (χ4n) is 2.25. The summed E-state index contributed by atoms with van der Waals surface area (Å²) < 4.78 is 5.94. The highest BCUT2D eigenvalue weighted by Gasteiger charge is 2.13. The Morgan fingerprint density at radius 3 is 2.62 bits per heavy atom. The molecular weight excluding hydrogens is 198 g/mol. The minimum absolute atomic E-state index is 0.312. The lowest BCUT2D eigenvalue weighted by molar-refractivity contribution is 0.443. The quantitative estimate of drug-likeness (QED) is 0.847. The predicted octanol–water partition coefficient (Wildman–Crippen LogP) is 3.72. The molecule has 0 amide bonds. The van der Waals surface area contributed by atoms with Gasteiger partial charge in [-0.3, -0.25) is 0 Å². The molecule has 1 heterocycles. The molecule has 86 valence electrons. The van der Waals surface area contributed by atoms with Crippen LogP contribution in [-0.2, 0) is 0 Å². The minimum atomic E-state index is 0.312. The number of fused-ring (bicyclic) bond motifs is 1. The molecule has 1 atom stereocenters. The van der Waals surface area contributed by atoms with Crippen molar-refractivity contribution in [2.24, 2.45) is 0 Å². The van der Waals surface area contributed by atoms with Crippen molar-refractivity contribution < 1.29 is 4.42 Å². The molecule has 1 aromatic heterocycles. The third-order valence-corrected chi connectivity index (χ3v) is 3.07. The molecule has 16 heavy (non-hydrogen) atoms. The molecule has 0 aliphatic heterocycles. The van der Waals surface area contributed by atoms with Gasteiger partial charge in [0.05, 0.1) is 6.04 Å². The molecule has 0 bridgehead atoms. The highest BCUT2D eigenvalue weighted by atomic mass is 16.3. The lowest BCUT2D eigenvalue weighted by Gasteiger charge is -2.09. The van der Waals surface area contributed by atoms with Crippen LogP contribution in [0.5, 0.6) is 0 Å². The largest absolute Gasteiger partial charge is 0.459 e. The summed E-state index contributed by atoms with van der Waals surface area (Å²) in [5, 5.41) is 4.48.